The van der Waals surface area contributed by atoms with Crippen molar-refractivity contribution in [2.24, 2.45) is 5.92 Å². The van der Waals surface area contributed by atoms with Gasteiger partial charge in [0.05, 0.1) is 5.92 Å². The van der Waals surface area contributed by atoms with Crippen LogP contribution in [0, 0.1) is 5.92 Å². The molecule has 0 saturated heterocycles. The van der Waals surface area contributed by atoms with Crippen molar-refractivity contribution in [3.8, 4) is 5.75 Å². The summed E-state index contributed by atoms with van der Waals surface area (Å²) in [6, 6.07) is 6.94. The summed E-state index contributed by atoms with van der Waals surface area (Å²) in [5.74, 6) is 0.0966. The number of nitrogens with zero attached hydrogens (tertiary/aromatic N) is 1. The average Bonchev–Trinajstić information content (AvgIpc) is 3.06. The maximum atomic E-state index is 11.8. The number of rotatable bonds is 7. The minimum atomic E-state index is -0.921. The van der Waals surface area contributed by atoms with E-state index in [1.165, 1.54) is 0 Å². The van der Waals surface area contributed by atoms with Crippen LogP contribution in [0.15, 0.2) is 24.3 Å². The third kappa shape index (κ3) is 5.02. The zero-order valence-electron chi connectivity index (χ0n) is 12.6. The van der Waals surface area contributed by atoms with Gasteiger partial charge in [-0.2, -0.15) is 0 Å². The Morgan fingerprint density at radius 2 is 2.05 bits per heavy atom. The number of nitrogens with one attached hydrogen (secondary N) is 1. The monoisotopic (exact) mass is 346 g/mol. The summed E-state index contributed by atoms with van der Waals surface area (Å²) in [5, 5.41) is 12.5. The summed E-state index contributed by atoms with van der Waals surface area (Å²) in [6.45, 7) is 0.751. The highest BCUT2D eigenvalue weighted by Gasteiger charge is 2.56. The van der Waals surface area contributed by atoms with Gasteiger partial charge in [0.25, 0.3) is 0 Å². The van der Waals surface area contributed by atoms with E-state index >= 15 is 0 Å². The zero-order valence-corrected chi connectivity index (χ0v) is 14.1. The number of alkyl halides is 2. The van der Waals surface area contributed by atoms with Crippen LogP contribution in [-0.2, 0) is 4.79 Å². The van der Waals surface area contributed by atoms with E-state index in [-0.39, 0.29) is 18.4 Å². The van der Waals surface area contributed by atoms with Crippen molar-refractivity contribution in [1.29, 1.82) is 0 Å². The second kappa shape index (κ2) is 7.04. The number of hydrogen-bond acceptors (Lipinski definition) is 4. The summed E-state index contributed by atoms with van der Waals surface area (Å²) in [6.07, 6.45) is -0.0720. The number of amides is 1. The number of ether oxygens (including phenoxy) is 1. The van der Waals surface area contributed by atoms with Gasteiger partial charge in [0.2, 0.25) is 5.91 Å². The van der Waals surface area contributed by atoms with Crippen molar-refractivity contribution in [2.75, 3.05) is 32.6 Å². The molecule has 1 amide bonds. The molecule has 22 heavy (non-hydrogen) atoms. The lowest BCUT2D eigenvalue weighted by molar-refractivity contribution is -0.117. The van der Waals surface area contributed by atoms with Crippen molar-refractivity contribution >= 4 is 34.8 Å². The topological polar surface area (TPSA) is 61.8 Å². The molecule has 2 N–H and O–H groups in total. The van der Waals surface area contributed by atoms with Crippen LogP contribution in [0.4, 0.5) is 5.69 Å². The molecule has 0 aliphatic heterocycles. The molecule has 0 bridgehead atoms. The lowest BCUT2D eigenvalue weighted by Gasteiger charge is -2.16. The Hall–Kier alpha value is -1.01. The van der Waals surface area contributed by atoms with E-state index in [4.69, 9.17) is 27.9 Å². The minimum Gasteiger partial charge on any atom is -0.491 e. The molecule has 5 nitrogen and oxygen atoms in total. The number of aliphatic hydroxyl groups is 1. The third-order valence-electron chi connectivity index (χ3n) is 3.28. The number of carbonyl (C=O) groups is 1. The molecule has 2 atom stereocenters. The summed E-state index contributed by atoms with van der Waals surface area (Å²) in [7, 11) is 3.77. The third-order valence-corrected chi connectivity index (χ3v) is 4.12. The van der Waals surface area contributed by atoms with Gasteiger partial charge in [-0.15, -0.1) is 23.2 Å². The molecule has 2 unspecified atom stereocenters. The van der Waals surface area contributed by atoms with E-state index in [0.717, 1.165) is 0 Å². The normalized spacial score (nSPS) is 20.5. The van der Waals surface area contributed by atoms with Crippen molar-refractivity contribution in [3.05, 3.63) is 24.3 Å². The first-order chi connectivity index (χ1) is 10.3. The van der Waals surface area contributed by atoms with E-state index < -0.39 is 10.4 Å². The standard InChI is InChI=1S/C15H20Cl2N2O3/c1-19(2)8-11(20)9-22-12-5-3-10(4-6-12)18-14(21)13-7-15(13,16)17/h3-6,11,13,20H,7-9H2,1-2H3,(H,18,21). The van der Waals surface area contributed by atoms with Gasteiger partial charge in [-0.05, 0) is 44.8 Å². The van der Waals surface area contributed by atoms with E-state index in [1.807, 2.05) is 19.0 Å². The van der Waals surface area contributed by atoms with Gasteiger partial charge in [0.15, 0.2) is 0 Å². The highest BCUT2D eigenvalue weighted by Crippen LogP contribution is 2.53. The fraction of sp³-hybridized carbons (Fsp3) is 0.533. The predicted octanol–water partition coefficient (Wildman–Crippen LogP) is 2.12. The van der Waals surface area contributed by atoms with Gasteiger partial charge in [-0.1, -0.05) is 0 Å². The Kier molecular flexibility index (Phi) is 5.55. The Morgan fingerprint density at radius 3 is 2.55 bits per heavy atom. The molecule has 1 fully saturated rings. The van der Waals surface area contributed by atoms with Gasteiger partial charge in [-0.3, -0.25) is 4.79 Å². The number of carbonyl (C=O) groups excluding carboxylic acids is 1. The van der Waals surface area contributed by atoms with Crippen LogP contribution < -0.4 is 10.1 Å². The molecule has 0 heterocycles. The van der Waals surface area contributed by atoms with Gasteiger partial charge in [0.1, 0.15) is 22.8 Å². The first-order valence-corrected chi connectivity index (χ1v) is 7.78. The molecule has 2 rings (SSSR count). The summed E-state index contributed by atoms with van der Waals surface area (Å²) in [5.41, 5.74) is 0.655. The Balaban J connectivity index is 1.79. The van der Waals surface area contributed by atoms with Crippen LogP contribution in [0.3, 0.4) is 0 Å². The van der Waals surface area contributed by atoms with E-state index in [1.54, 1.807) is 24.3 Å². The Bertz CT molecular complexity index is 520. The highest BCUT2D eigenvalue weighted by molar-refractivity contribution is 6.52. The zero-order chi connectivity index (χ0) is 16.3. The SMILES string of the molecule is CN(C)CC(O)COc1ccc(NC(=O)C2CC2(Cl)Cl)cc1. The molecule has 1 aromatic rings. The molecule has 7 heteroatoms. The smallest absolute Gasteiger partial charge is 0.230 e. The van der Waals surface area contributed by atoms with E-state index in [9.17, 15) is 9.90 Å². The summed E-state index contributed by atoms with van der Waals surface area (Å²) >= 11 is 11.7. The average molecular weight is 347 g/mol. The van der Waals surface area contributed by atoms with Crippen molar-refractivity contribution in [2.45, 2.75) is 16.9 Å². The van der Waals surface area contributed by atoms with Crippen LogP contribution >= 0.6 is 23.2 Å². The second-order valence-electron chi connectivity index (χ2n) is 5.76. The van der Waals surface area contributed by atoms with Gasteiger partial charge in [0, 0.05) is 12.2 Å². The molecular formula is C15H20Cl2N2O3. The molecule has 0 spiro atoms. The molecular weight excluding hydrogens is 327 g/mol. The molecule has 122 valence electrons. The number of hydrogen-bond donors (Lipinski definition) is 2. The highest BCUT2D eigenvalue weighted by atomic mass is 35.5. The van der Waals surface area contributed by atoms with Crippen molar-refractivity contribution < 1.29 is 14.6 Å². The maximum absolute atomic E-state index is 11.8. The summed E-state index contributed by atoms with van der Waals surface area (Å²) in [4.78, 5) is 13.7. The first kappa shape index (κ1) is 17.3. The molecule has 1 saturated carbocycles. The van der Waals surface area contributed by atoms with Crippen LogP contribution in [0.25, 0.3) is 0 Å². The molecule has 0 radical (unpaired) electrons. The minimum absolute atomic E-state index is 0.180. The summed E-state index contributed by atoms with van der Waals surface area (Å²) < 4.78 is 4.57. The number of anilines is 1. The van der Waals surface area contributed by atoms with Crippen LogP contribution in [0.1, 0.15) is 6.42 Å². The Labute approximate surface area is 140 Å². The molecule has 0 aromatic heterocycles. The van der Waals surface area contributed by atoms with Crippen LogP contribution in [-0.4, -0.2) is 53.6 Å². The second-order valence-corrected chi connectivity index (χ2v) is 7.30. The molecule has 1 aliphatic rings. The van der Waals surface area contributed by atoms with Crippen molar-refractivity contribution in [3.63, 3.8) is 0 Å². The van der Waals surface area contributed by atoms with Gasteiger partial charge < -0.3 is 20.1 Å². The lowest BCUT2D eigenvalue weighted by Crippen LogP contribution is -2.30. The lowest BCUT2D eigenvalue weighted by atomic mass is 10.3. The van der Waals surface area contributed by atoms with Crippen LogP contribution in [0.5, 0.6) is 5.75 Å². The number of aliphatic hydroxyl groups excluding tert-OH is 1. The number of benzene rings is 1. The largest absolute Gasteiger partial charge is 0.491 e. The Morgan fingerprint density at radius 1 is 1.45 bits per heavy atom. The van der Waals surface area contributed by atoms with Crippen LogP contribution in [0.2, 0.25) is 0 Å². The van der Waals surface area contributed by atoms with Gasteiger partial charge in [-0.25, -0.2) is 0 Å². The quantitative estimate of drug-likeness (QED) is 0.742. The molecule has 1 aromatic carbocycles. The first-order valence-electron chi connectivity index (χ1n) is 7.02. The van der Waals surface area contributed by atoms with E-state index in [2.05, 4.69) is 5.32 Å². The predicted molar refractivity (Wildman–Crippen MR) is 87.7 cm³/mol. The maximum Gasteiger partial charge on any atom is 0.230 e. The fourth-order valence-corrected chi connectivity index (χ4v) is 2.54. The fourth-order valence-electron chi connectivity index (χ4n) is 2.03. The van der Waals surface area contributed by atoms with E-state index in [0.29, 0.717) is 24.4 Å². The van der Waals surface area contributed by atoms with Gasteiger partial charge >= 0.3 is 0 Å². The molecule has 1 aliphatic carbocycles. The number of likely N-dealkylation sites (N-methyl/N-ethyl adjacent to an activating group) is 1. The van der Waals surface area contributed by atoms with Crippen molar-refractivity contribution in [1.82, 2.24) is 4.90 Å². The number of halogens is 2.